The number of carboxylic acid groups (broad SMARTS) is 1. The summed E-state index contributed by atoms with van der Waals surface area (Å²) in [5.41, 5.74) is 4.99. The molecule has 0 saturated heterocycles. The molecular weight excluding hydrogens is 208 g/mol. The highest BCUT2D eigenvalue weighted by atomic mass is 16.4. The quantitative estimate of drug-likeness (QED) is 0.696. The zero-order chi connectivity index (χ0) is 12.3. The van der Waals surface area contributed by atoms with Crippen LogP contribution in [0.3, 0.4) is 0 Å². The van der Waals surface area contributed by atoms with Gasteiger partial charge in [-0.05, 0) is 26.2 Å². The normalized spacial score (nSPS) is 18.9. The minimum atomic E-state index is -0.979. The maximum absolute atomic E-state index is 12.1. The Morgan fingerprint density at radius 2 is 2.06 bits per heavy atom. The van der Waals surface area contributed by atoms with E-state index < -0.39 is 11.5 Å². The lowest BCUT2D eigenvalue weighted by atomic mass is 9.95. The third-order valence-corrected chi connectivity index (χ3v) is 2.81. The Balaban J connectivity index is 2.70. The minimum Gasteiger partial charge on any atom is -0.480 e. The molecule has 1 aliphatic carbocycles. The first-order valence-electron chi connectivity index (χ1n) is 5.70. The van der Waals surface area contributed by atoms with Crippen LogP contribution in [0, 0.1) is 0 Å². The second-order valence-electron chi connectivity index (χ2n) is 4.73. The molecule has 1 saturated carbocycles. The second kappa shape index (κ2) is 4.82. The van der Waals surface area contributed by atoms with Gasteiger partial charge in [0, 0.05) is 6.04 Å². The van der Waals surface area contributed by atoms with E-state index in [1.165, 1.54) is 4.90 Å². The van der Waals surface area contributed by atoms with Crippen molar-refractivity contribution in [1.29, 1.82) is 0 Å². The van der Waals surface area contributed by atoms with Gasteiger partial charge in [-0.3, -0.25) is 9.59 Å². The summed E-state index contributed by atoms with van der Waals surface area (Å²) in [4.78, 5) is 24.2. The number of rotatable bonds is 6. The molecular formula is C11H20N2O3. The van der Waals surface area contributed by atoms with E-state index in [0.29, 0.717) is 6.42 Å². The third-order valence-electron chi connectivity index (χ3n) is 2.81. The van der Waals surface area contributed by atoms with E-state index in [0.717, 1.165) is 19.3 Å². The molecule has 1 atom stereocenters. The summed E-state index contributed by atoms with van der Waals surface area (Å²) >= 11 is 0. The number of aliphatic carboxylic acids is 1. The first-order chi connectivity index (χ1) is 7.38. The van der Waals surface area contributed by atoms with E-state index in [9.17, 15) is 9.59 Å². The van der Waals surface area contributed by atoms with Crippen molar-refractivity contribution in [2.24, 2.45) is 5.73 Å². The SMILES string of the molecule is CCCC(C)(N)C(=O)N(CC(=O)O)C1CC1. The molecule has 92 valence electrons. The van der Waals surface area contributed by atoms with E-state index in [4.69, 9.17) is 10.8 Å². The van der Waals surface area contributed by atoms with Crippen molar-refractivity contribution in [2.45, 2.75) is 51.1 Å². The monoisotopic (exact) mass is 228 g/mol. The van der Waals surface area contributed by atoms with Crippen molar-refractivity contribution in [1.82, 2.24) is 4.90 Å². The molecule has 0 heterocycles. The summed E-state index contributed by atoms with van der Waals surface area (Å²) < 4.78 is 0. The molecule has 0 bridgehead atoms. The Morgan fingerprint density at radius 1 is 1.50 bits per heavy atom. The highest BCUT2D eigenvalue weighted by molar-refractivity contribution is 5.88. The molecule has 3 N–H and O–H groups in total. The van der Waals surface area contributed by atoms with Crippen LogP contribution in [-0.2, 0) is 9.59 Å². The summed E-state index contributed by atoms with van der Waals surface area (Å²) in [6.07, 6.45) is 3.17. The molecule has 0 radical (unpaired) electrons. The maximum Gasteiger partial charge on any atom is 0.323 e. The lowest BCUT2D eigenvalue weighted by molar-refractivity contribution is -0.147. The number of carbonyl (C=O) groups is 2. The number of hydrogen-bond acceptors (Lipinski definition) is 3. The van der Waals surface area contributed by atoms with Crippen molar-refractivity contribution in [2.75, 3.05) is 6.54 Å². The van der Waals surface area contributed by atoms with Crippen LogP contribution in [0.4, 0.5) is 0 Å². The van der Waals surface area contributed by atoms with Crippen molar-refractivity contribution < 1.29 is 14.7 Å². The smallest absolute Gasteiger partial charge is 0.323 e. The fourth-order valence-electron chi connectivity index (χ4n) is 1.85. The van der Waals surface area contributed by atoms with Gasteiger partial charge in [-0.2, -0.15) is 0 Å². The molecule has 1 aliphatic rings. The van der Waals surface area contributed by atoms with E-state index in [-0.39, 0.29) is 18.5 Å². The predicted molar refractivity (Wildman–Crippen MR) is 59.9 cm³/mol. The molecule has 0 spiro atoms. The Kier molecular flexibility index (Phi) is 3.91. The fraction of sp³-hybridized carbons (Fsp3) is 0.818. The molecule has 5 heteroatoms. The number of amides is 1. The van der Waals surface area contributed by atoms with E-state index >= 15 is 0 Å². The topological polar surface area (TPSA) is 83.6 Å². The third kappa shape index (κ3) is 3.20. The highest BCUT2D eigenvalue weighted by Gasteiger charge is 2.40. The van der Waals surface area contributed by atoms with Crippen LogP contribution in [0.5, 0.6) is 0 Å². The zero-order valence-electron chi connectivity index (χ0n) is 9.90. The lowest BCUT2D eigenvalue weighted by Crippen LogP contribution is -2.55. The first kappa shape index (κ1) is 13.0. The Bertz CT molecular complexity index is 285. The predicted octanol–water partition coefficient (Wildman–Crippen LogP) is 0.580. The number of carboxylic acids is 1. The van der Waals surface area contributed by atoms with Gasteiger partial charge in [0.05, 0.1) is 5.54 Å². The summed E-state index contributed by atoms with van der Waals surface area (Å²) in [5, 5.41) is 8.77. The van der Waals surface area contributed by atoms with Crippen LogP contribution in [0.1, 0.15) is 39.5 Å². The van der Waals surface area contributed by atoms with Crippen LogP contribution >= 0.6 is 0 Å². The van der Waals surface area contributed by atoms with E-state index in [1.54, 1.807) is 6.92 Å². The molecule has 1 fully saturated rings. The summed E-state index contributed by atoms with van der Waals surface area (Å²) in [6, 6.07) is 0.0864. The number of nitrogens with zero attached hydrogens (tertiary/aromatic N) is 1. The molecule has 5 nitrogen and oxygen atoms in total. The van der Waals surface area contributed by atoms with Crippen molar-refractivity contribution in [3.05, 3.63) is 0 Å². The van der Waals surface area contributed by atoms with Gasteiger partial charge in [0.15, 0.2) is 0 Å². The van der Waals surface area contributed by atoms with Gasteiger partial charge in [0.25, 0.3) is 0 Å². The Morgan fingerprint density at radius 3 is 2.44 bits per heavy atom. The molecule has 0 aromatic carbocycles. The lowest BCUT2D eigenvalue weighted by Gasteiger charge is -2.30. The first-order valence-corrected chi connectivity index (χ1v) is 5.70. The fourth-order valence-corrected chi connectivity index (χ4v) is 1.85. The van der Waals surface area contributed by atoms with Crippen LogP contribution < -0.4 is 5.73 Å². The summed E-state index contributed by atoms with van der Waals surface area (Å²) in [6.45, 7) is 3.40. The van der Waals surface area contributed by atoms with E-state index in [2.05, 4.69) is 0 Å². The van der Waals surface area contributed by atoms with Gasteiger partial charge in [-0.1, -0.05) is 13.3 Å². The number of nitrogens with two attached hydrogens (primary N) is 1. The standard InChI is InChI=1S/C11H20N2O3/c1-3-6-11(2,12)10(16)13(7-9(14)15)8-4-5-8/h8H,3-7,12H2,1-2H3,(H,14,15). The molecule has 1 amide bonds. The van der Waals surface area contributed by atoms with Crippen LogP contribution in [0.25, 0.3) is 0 Å². The van der Waals surface area contributed by atoms with Crippen molar-refractivity contribution >= 4 is 11.9 Å². The molecule has 1 rings (SSSR count). The largest absolute Gasteiger partial charge is 0.480 e. The van der Waals surface area contributed by atoms with Gasteiger partial charge < -0.3 is 15.7 Å². The molecule has 0 aliphatic heterocycles. The van der Waals surface area contributed by atoms with Gasteiger partial charge in [0.2, 0.25) is 5.91 Å². The van der Waals surface area contributed by atoms with Crippen molar-refractivity contribution in [3.8, 4) is 0 Å². The second-order valence-corrected chi connectivity index (χ2v) is 4.73. The van der Waals surface area contributed by atoms with Gasteiger partial charge in [-0.25, -0.2) is 0 Å². The van der Waals surface area contributed by atoms with Crippen LogP contribution in [0.15, 0.2) is 0 Å². The molecule has 16 heavy (non-hydrogen) atoms. The number of carbonyl (C=O) groups excluding carboxylic acids is 1. The van der Waals surface area contributed by atoms with Crippen LogP contribution in [-0.4, -0.2) is 40.0 Å². The van der Waals surface area contributed by atoms with Gasteiger partial charge in [0.1, 0.15) is 6.54 Å². The van der Waals surface area contributed by atoms with E-state index in [1.807, 2.05) is 6.92 Å². The summed E-state index contributed by atoms with van der Waals surface area (Å²) in [5.74, 6) is -1.22. The molecule has 1 unspecified atom stereocenters. The Hall–Kier alpha value is -1.10. The highest BCUT2D eigenvalue weighted by Crippen LogP contribution is 2.29. The number of hydrogen-bond donors (Lipinski definition) is 2. The average Bonchev–Trinajstić information content (AvgIpc) is 2.95. The van der Waals surface area contributed by atoms with Gasteiger partial charge in [-0.15, -0.1) is 0 Å². The van der Waals surface area contributed by atoms with Gasteiger partial charge >= 0.3 is 5.97 Å². The average molecular weight is 228 g/mol. The van der Waals surface area contributed by atoms with Crippen molar-refractivity contribution in [3.63, 3.8) is 0 Å². The minimum absolute atomic E-state index is 0.0864. The maximum atomic E-state index is 12.1. The molecule has 0 aromatic heterocycles. The summed E-state index contributed by atoms with van der Waals surface area (Å²) in [7, 11) is 0. The zero-order valence-corrected chi connectivity index (χ0v) is 9.90. The van der Waals surface area contributed by atoms with Crippen LogP contribution in [0.2, 0.25) is 0 Å². The molecule has 0 aromatic rings. The Labute approximate surface area is 95.6 Å².